The van der Waals surface area contributed by atoms with Gasteiger partial charge in [0.2, 0.25) is 0 Å². The molecule has 1 heterocycles. The molecule has 0 radical (unpaired) electrons. The van der Waals surface area contributed by atoms with Crippen LogP contribution < -0.4 is 5.32 Å². The van der Waals surface area contributed by atoms with Crippen LogP contribution in [0.15, 0.2) is 29.6 Å². The third kappa shape index (κ3) is 2.81. The van der Waals surface area contributed by atoms with Crippen molar-refractivity contribution in [3.8, 4) is 0 Å². The summed E-state index contributed by atoms with van der Waals surface area (Å²) in [6.45, 7) is 3.41. The van der Waals surface area contributed by atoms with Gasteiger partial charge in [-0.3, -0.25) is 14.9 Å². The zero-order chi connectivity index (χ0) is 13.1. The molecule has 0 saturated carbocycles. The Balaban J connectivity index is 2.11. The predicted molar refractivity (Wildman–Crippen MR) is 71.3 cm³/mol. The Morgan fingerprint density at radius 1 is 1.22 bits per heavy atom. The normalized spacial score (nSPS) is 10.1. The first kappa shape index (κ1) is 12.4. The number of nitrogens with one attached hydrogen (secondary N) is 1. The minimum absolute atomic E-state index is 0.109. The Hall–Kier alpha value is -2.01. The lowest BCUT2D eigenvalue weighted by Crippen LogP contribution is -2.11. The minimum Gasteiger partial charge on any atom is -0.298 e. The second-order valence-corrected chi connectivity index (χ2v) is 4.77. The maximum absolute atomic E-state index is 11.9. The molecular weight excluding hydrogens is 248 g/mol. The summed E-state index contributed by atoms with van der Waals surface area (Å²) in [6, 6.07) is 7.25. The third-order valence-corrected chi connectivity index (χ3v) is 3.16. The van der Waals surface area contributed by atoms with Crippen LogP contribution in [0.3, 0.4) is 0 Å². The van der Waals surface area contributed by atoms with Gasteiger partial charge in [-0.1, -0.05) is 17.7 Å². The van der Waals surface area contributed by atoms with Gasteiger partial charge in [0, 0.05) is 17.9 Å². The lowest BCUT2D eigenvalue weighted by atomic mass is 10.1. The largest absolute Gasteiger partial charge is 0.298 e. The van der Waals surface area contributed by atoms with Gasteiger partial charge in [0.05, 0.1) is 0 Å². The Morgan fingerprint density at radius 2 is 1.89 bits per heavy atom. The van der Waals surface area contributed by atoms with Gasteiger partial charge in [-0.2, -0.15) is 0 Å². The fraction of sp³-hybridized carbons (Fsp3) is 0.154. The number of thiazole rings is 1. The second kappa shape index (κ2) is 5.10. The van der Waals surface area contributed by atoms with Gasteiger partial charge in [0.15, 0.2) is 10.9 Å². The Morgan fingerprint density at radius 3 is 2.44 bits per heavy atom. The number of hydrogen-bond acceptors (Lipinski definition) is 4. The summed E-state index contributed by atoms with van der Waals surface area (Å²) in [5.74, 6) is -0.332. The molecule has 0 unspecified atom stereocenters. The summed E-state index contributed by atoms with van der Waals surface area (Å²) in [6.07, 6.45) is 0. The van der Waals surface area contributed by atoms with E-state index in [1.807, 2.05) is 19.1 Å². The van der Waals surface area contributed by atoms with E-state index in [0.717, 1.165) is 5.56 Å². The Labute approximate surface area is 109 Å². The van der Waals surface area contributed by atoms with E-state index in [0.29, 0.717) is 16.4 Å². The van der Waals surface area contributed by atoms with E-state index >= 15 is 0 Å². The van der Waals surface area contributed by atoms with Crippen LogP contribution in [0.5, 0.6) is 0 Å². The molecule has 0 bridgehead atoms. The first-order valence-electron chi connectivity index (χ1n) is 5.41. The number of aryl methyl sites for hydroxylation is 1. The van der Waals surface area contributed by atoms with E-state index in [1.54, 1.807) is 17.5 Å². The smallest absolute Gasteiger partial charge is 0.257 e. The number of carbonyl (C=O) groups is 2. The molecule has 2 aromatic rings. The van der Waals surface area contributed by atoms with Gasteiger partial charge in [0.25, 0.3) is 5.91 Å². The number of ketones is 1. The van der Waals surface area contributed by atoms with Crippen LogP contribution in [0, 0.1) is 6.92 Å². The number of hydrogen-bond donors (Lipinski definition) is 1. The maximum atomic E-state index is 11.9. The molecular formula is C13H12N2O2S. The molecule has 0 atom stereocenters. The zero-order valence-electron chi connectivity index (χ0n) is 10.1. The van der Waals surface area contributed by atoms with Crippen LogP contribution in [0.25, 0.3) is 0 Å². The van der Waals surface area contributed by atoms with Gasteiger partial charge in [-0.05, 0) is 19.1 Å². The average molecular weight is 260 g/mol. The number of anilines is 1. The molecule has 2 rings (SSSR count). The van der Waals surface area contributed by atoms with E-state index in [2.05, 4.69) is 10.3 Å². The van der Waals surface area contributed by atoms with Crippen molar-refractivity contribution >= 4 is 28.2 Å². The summed E-state index contributed by atoms with van der Waals surface area (Å²) in [4.78, 5) is 27.0. The molecule has 1 aromatic heterocycles. The zero-order valence-corrected chi connectivity index (χ0v) is 10.9. The lowest BCUT2D eigenvalue weighted by molar-refractivity contribution is 0.100. The number of nitrogens with zero attached hydrogens (tertiary/aromatic N) is 1. The van der Waals surface area contributed by atoms with Gasteiger partial charge in [-0.25, -0.2) is 4.98 Å². The Kier molecular flexibility index (Phi) is 3.53. The summed E-state index contributed by atoms with van der Waals surface area (Å²) >= 11 is 1.24. The summed E-state index contributed by atoms with van der Waals surface area (Å²) in [5, 5.41) is 4.74. The van der Waals surface area contributed by atoms with Crippen LogP contribution >= 0.6 is 11.3 Å². The minimum atomic E-state index is -0.223. The van der Waals surface area contributed by atoms with E-state index in [4.69, 9.17) is 0 Å². The SMILES string of the molecule is CC(=O)c1csc(NC(=O)c2ccc(C)cc2)n1. The van der Waals surface area contributed by atoms with Crippen molar-refractivity contribution in [2.45, 2.75) is 13.8 Å². The second-order valence-electron chi connectivity index (χ2n) is 3.91. The van der Waals surface area contributed by atoms with Crippen molar-refractivity contribution in [3.63, 3.8) is 0 Å². The number of Topliss-reactive ketones (excluding diaryl/α,β-unsaturated/α-hetero) is 1. The van der Waals surface area contributed by atoms with Crippen LogP contribution in [-0.4, -0.2) is 16.7 Å². The van der Waals surface area contributed by atoms with E-state index < -0.39 is 0 Å². The van der Waals surface area contributed by atoms with Crippen molar-refractivity contribution in [1.82, 2.24) is 4.98 Å². The highest BCUT2D eigenvalue weighted by atomic mass is 32.1. The molecule has 1 N–H and O–H groups in total. The molecule has 92 valence electrons. The first-order chi connectivity index (χ1) is 8.56. The van der Waals surface area contributed by atoms with Crippen molar-refractivity contribution in [1.29, 1.82) is 0 Å². The van der Waals surface area contributed by atoms with Crippen LogP contribution in [-0.2, 0) is 0 Å². The highest BCUT2D eigenvalue weighted by molar-refractivity contribution is 7.14. The van der Waals surface area contributed by atoms with Gasteiger partial charge in [0.1, 0.15) is 5.69 Å². The average Bonchev–Trinajstić information content (AvgIpc) is 2.78. The monoisotopic (exact) mass is 260 g/mol. The van der Waals surface area contributed by atoms with Crippen LogP contribution in [0.2, 0.25) is 0 Å². The molecule has 0 saturated heterocycles. The van der Waals surface area contributed by atoms with Gasteiger partial charge < -0.3 is 0 Å². The highest BCUT2D eigenvalue weighted by Crippen LogP contribution is 2.16. The quantitative estimate of drug-likeness (QED) is 0.863. The van der Waals surface area contributed by atoms with Gasteiger partial charge in [-0.15, -0.1) is 11.3 Å². The molecule has 18 heavy (non-hydrogen) atoms. The number of amides is 1. The highest BCUT2D eigenvalue weighted by Gasteiger charge is 2.10. The molecule has 4 nitrogen and oxygen atoms in total. The molecule has 1 aromatic carbocycles. The van der Waals surface area contributed by atoms with Crippen LogP contribution in [0.4, 0.5) is 5.13 Å². The topological polar surface area (TPSA) is 59.1 Å². The Bertz CT molecular complexity index is 587. The van der Waals surface area contributed by atoms with Crippen molar-refractivity contribution < 1.29 is 9.59 Å². The van der Waals surface area contributed by atoms with E-state index in [-0.39, 0.29) is 11.7 Å². The maximum Gasteiger partial charge on any atom is 0.257 e. The molecule has 0 fully saturated rings. The third-order valence-electron chi connectivity index (χ3n) is 2.40. The standard InChI is InChI=1S/C13H12N2O2S/c1-8-3-5-10(6-4-8)12(17)15-13-14-11(7-18-13)9(2)16/h3-7H,1-2H3,(H,14,15,17). The summed E-state index contributed by atoms with van der Waals surface area (Å²) in [5.41, 5.74) is 2.04. The predicted octanol–water partition coefficient (Wildman–Crippen LogP) is 2.91. The molecule has 5 heteroatoms. The first-order valence-corrected chi connectivity index (χ1v) is 6.28. The van der Waals surface area contributed by atoms with E-state index in [9.17, 15) is 9.59 Å². The van der Waals surface area contributed by atoms with Gasteiger partial charge >= 0.3 is 0 Å². The fourth-order valence-electron chi connectivity index (χ4n) is 1.37. The number of benzene rings is 1. The van der Waals surface area contributed by atoms with Crippen molar-refractivity contribution in [2.24, 2.45) is 0 Å². The van der Waals surface area contributed by atoms with Crippen LogP contribution in [0.1, 0.15) is 33.3 Å². The van der Waals surface area contributed by atoms with Crippen molar-refractivity contribution in [3.05, 3.63) is 46.5 Å². The summed E-state index contributed by atoms with van der Waals surface area (Å²) in [7, 11) is 0. The number of carbonyl (C=O) groups excluding carboxylic acids is 2. The molecule has 0 spiro atoms. The lowest BCUT2D eigenvalue weighted by Gasteiger charge is -2.01. The molecule has 0 aliphatic carbocycles. The van der Waals surface area contributed by atoms with E-state index in [1.165, 1.54) is 18.3 Å². The fourth-order valence-corrected chi connectivity index (χ4v) is 2.11. The molecule has 1 amide bonds. The summed E-state index contributed by atoms with van der Waals surface area (Å²) < 4.78 is 0. The molecule has 0 aliphatic heterocycles. The number of aromatic nitrogens is 1. The number of rotatable bonds is 3. The van der Waals surface area contributed by atoms with Crippen molar-refractivity contribution in [2.75, 3.05) is 5.32 Å². The molecule has 0 aliphatic rings.